The van der Waals surface area contributed by atoms with Crippen LogP contribution < -0.4 is 14.4 Å². The molecule has 0 aliphatic rings. The Balaban J connectivity index is 1.87. The van der Waals surface area contributed by atoms with Gasteiger partial charge in [0.05, 0.1) is 28.6 Å². The molecule has 0 saturated heterocycles. The van der Waals surface area contributed by atoms with Gasteiger partial charge in [-0.2, -0.15) is 0 Å². The number of hydrogen-bond acceptors (Lipinski definition) is 5. The molecule has 238 valence electrons. The third-order valence-corrected chi connectivity index (χ3v) is 8.96. The molecule has 0 radical (unpaired) electrons. The Labute approximate surface area is 271 Å². The lowest BCUT2D eigenvalue weighted by atomic mass is 10.0. The van der Waals surface area contributed by atoms with E-state index in [1.54, 1.807) is 47.4 Å². The molecule has 3 rings (SSSR count). The van der Waals surface area contributed by atoms with E-state index in [-0.39, 0.29) is 37.7 Å². The predicted octanol–water partition coefficient (Wildman–Crippen LogP) is 6.49. The van der Waals surface area contributed by atoms with E-state index in [1.165, 1.54) is 4.31 Å². The molecule has 11 heteroatoms. The largest absolute Gasteiger partial charge is 0.494 e. The van der Waals surface area contributed by atoms with Crippen molar-refractivity contribution >= 4 is 50.7 Å². The molecule has 44 heavy (non-hydrogen) atoms. The Hall–Kier alpha value is -3.27. The average Bonchev–Trinajstić information content (AvgIpc) is 2.99. The zero-order valence-corrected chi connectivity index (χ0v) is 27.8. The van der Waals surface area contributed by atoms with Crippen molar-refractivity contribution in [2.75, 3.05) is 30.3 Å². The molecule has 1 atom stereocenters. The number of halogens is 2. The van der Waals surface area contributed by atoms with Gasteiger partial charge in [0.1, 0.15) is 11.8 Å². The lowest BCUT2D eigenvalue weighted by molar-refractivity contribution is -0.141. The fourth-order valence-electron chi connectivity index (χ4n) is 4.77. The fourth-order valence-corrected chi connectivity index (χ4v) is 6.06. The Morgan fingerprint density at radius 1 is 0.909 bits per heavy atom. The van der Waals surface area contributed by atoms with Gasteiger partial charge in [-0.1, -0.05) is 72.9 Å². The number of carbonyl (C=O) groups excluding carboxylic acids is 2. The van der Waals surface area contributed by atoms with Crippen LogP contribution in [0.15, 0.2) is 72.8 Å². The summed E-state index contributed by atoms with van der Waals surface area (Å²) in [6.45, 7) is 5.13. The summed E-state index contributed by atoms with van der Waals surface area (Å²) < 4.78 is 32.2. The number of rotatable bonds is 17. The summed E-state index contributed by atoms with van der Waals surface area (Å²) in [4.78, 5) is 29.1. The lowest BCUT2D eigenvalue weighted by Crippen LogP contribution is -2.50. The van der Waals surface area contributed by atoms with Crippen molar-refractivity contribution in [1.82, 2.24) is 10.2 Å². The second-order valence-corrected chi connectivity index (χ2v) is 13.2. The first-order chi connectivity index (χ1) is 21.0. The van der Waals surface area contributed by atoms with E-state index >= 15 is 0 Å². The monoisotopic (exact) mass is 661 g/mol. The Kier molecular flexibility index (Phi) is 13.8. The molecule has 3 aromatic rings. The summed E-state index contributed by atoms with van der Waals surface area (Å²) in [5.74, 6) is 0.116. The highest BCUT2D eigenvalue weighted by Gasteiger charge is 2.30. The van der Waals surface area contributed by atoms with Gasteiger partial charge in [0, 0.05) is 32.5 Å². The smallest absolute Gasteiger partial charge is 0.243 e. The quantitative estimate of drug-likeness (QED) is 0.167. The van der Waals surface area contributed by atoms with Crippen molar-refractivity contribution in [1.29, 1.82) is 0 Å². The minimum absolute atomic E-state index is 0.0257. The maximum atomic E-state index is 14.0. The van der Waals surface area contributed by atoms with Gasteiger partial charge in [0.25, 0.3) is 0 Å². The van der Waals surface area contributed by atoms with Gasteiger partial charge in [-0.25, -0.2) is 8.42 Å². The molecule has 0 aliphatic heterocycles. The Morgan fingerprint density at radius 2 is 1.61 bits per heavy atom. The molecule has 0 unspecified atom stereocenters. The molecule has 0 aromatic heterocycles. The third-order valence-electron chi connectivity index (χ3n) is 7.03. The van der Waals surface area contributed by atoms with Crippen LogP contribution in [-0.2, 0) is 32.6 Å². The van der Waals surface area contributed by atoms with Crippen molar-refractivity contribution in [3.63, 3.8) is 0 Å². The summed E-state index contributed by atoms with van der Waals surface area (Å²) in [5.41, 5.74) is 2.11. The van der Waals surface area contributed by atoms with E-state index in [0.29, 0.717) is 41.1 Å². The van der Waals surface area contributed by atoms with E-state index in [1.807, 2.05) is 44.2 Å². The van der Waals surface area contributed by atoms with Crippen LogP contribution in [0, 0.1) is 0 Å². The number of benzene rings is 3. The van der Waals surface area contributed by atoms with Crippen molar-refractivity contribution < 1.29 is 22.7 Å². The number of unbranched alkanes of at least 4 members (excludes halogenated alkanes) is 1. The Bertz CT molecular complexity index is 1470. The Morgan fingerprint density at radius 3 is 2.23 bits per heavy atom. The average molecular weight is 663 g/mol. The molecule has 0 bridgehead atoms. The van der Waals surface area contributed by atoms with Crippen LogP contribution >= 0.6 is 23.2 Å². The van der Waals surface area contributed by atoms with Crippen LogP contribution in [-0.4, -0.2) is 57.1 Å². The topological polar surface area (TPSA) is 96.0 Å². The highest BCUT2D eigenvalue weighted by Crippen LogP contribution is 2.26. The summed E-state index contributed by atoms with van der Waals surface area (Å²) in [7, 11) is -3.63. The van der Waals surface area contributed by atoms with Crippen molar-refractivity contribution in [2.24, 2.45) is 0 Å². The summed E-state index contributed by atoms with van der Waals surface area (Å²) in [6.07, 6.45) is 3.45. The molecule has 3 aromatic carbocycles. The van der Waals surface area contributed by atoms with Gasteiger partial charge >= 0.3 is 0 Å². The van der Waals surface area contributed by atoms with Gasteiger partial charge in [-0.3, -0.25) is 13.9 Å². The van der Waals surface area contributed by atoms with Crippen LogP contribution in [0.4, 0.5) is 5.69 Å². The minimum Gasteiger partial charge on any atom is -0.494 e. The first-order valence-electron chi connectivity index (χ1n) is 14.8. The molecule has 1 N–H and O–H groups in total. The van der Waals surface area contributed by atoms with Crippen LogP contribution in [0.25, 0.3) is 0 Å². The van der Waals surface area contributed by atoms with Crippen LogP contribution in [0.1, 0.15) is 50.7 Å². The highest BCUT2D eigenvalue weighted by molar-refractivity contribution is 7.92. The maximum absolute atomic E-state index is 14.0. The number of nitrogens with one attached hydrogen (secondary N) is 1. The van der Waals surface area contributed by atoms with Crippen LogP contribution in [0.3, 0.4) is 0 Å². The molecule has 0 aliphatic carbocycles. The normalized spacial score (nSPS) is 11.9. The number of carbonyl (C=O) groups is 2. The number of sulfonamides is 1. The van der Waals surface area contributed by atoms with Crippen LogP contribution in [0.5, 0.6) is 5.75 Å². The molecule has 0 fully saturated rings. The van der Waals surface area contributed by atoms with Crippen molar-refractivity contribution in [2.45, 2.75) is 58.5 Å². The van der Waals surface area contributed by atoms with Gasteiger partial charge in [0.15, 0.2) is 0 Å². The zero-order chi connectivity index (χ0) is 32.1. The fraction of sp³-hybridized carbons (Fsp3) is 0.394. The summed E-state index contributed by atoms with van der Waals surface area (Å²) >= 11 is 12.4. The first kappa shape index (κ1) is 35.2. The van der Waals surface area contributed by atoms with E-state index in [2.05, 4.69) is 5.32 Å². The predicted molar refractivity (Wildman–Crippen MR) is 178 cm³/mol. The zero-order valence-electron chi connectivity index (χ0n) is 25.5. The SMILES string of the molecule is CCCCNC(=O)[C@H](Cc1ccccc1)N(Cc1ccc(Cl)c(Cl)c1)C(=O)CCCN(c1ccc(OCC)cc1)S(C)(=O)=O. The molecule has 8 nitrogen and oxygen atoms in total. The van der Waals surface area contributed by atoms with E-state index in [4.69, 9.17) is 27.9 Å². The van der Waals surface area contributed by atoms with Crippen LogP contribution in [0.2, 0.25) is 10.0 Å². The first-order valence-corrected chi connectivity index (χ1v) is 17.4. The maximum Gasteiger partial charge on any atom is 0.243 e. The van der Waals surface area contributed by atoms with E-state index < -0.39 is 16.1 Å². The summed E-state index contributed by atoms with van der Waals surface area (Å²) in [5, 5.41) is 3.74. The molecule has 0 saturated carbocycles. The standard InChI is InChI=1S/C33H41Cl2N3O5S/c1-4-6-20-36-33(40)31(23-25-11-8-7-9-12-25)37(24-26-14-19-29(34)30(35)22-26)32(39)13-10-21-38(44(3,41)42)27-15-17-28(18-16-27)43-5-2/h7-9,11-12,14-19,22,31H,4-6,10,13,20-21,23-24H2,1-3H3,(H,36,40)/t31-/m0/s1. The summed E-state index contributed by atoms with van der Waals surface area (Å²) in [6, 6.07) is 20.7. The molecule has 0 heterocycles. The third kappa shape index (κ3) is 10.7. The van der Waals surface area contributed by atoms with Crippen molar-refractivity contribution in [3.05, 3.63) is 94.0 Å². The van der Waals surface area contributed by atoms with E-state index in [9.17, 15) is 18.0 Å². The second-order valence-electron chi connectivity index (χ2n) is 10.5. The van der Waals surface area contributed by atoms with Gasteiger partial charge < -0.3 is 15.0 Å². The molecule has 2 amide bonds. The van der Waals surface area contributed by atoms with Gasteiger partial charge in [-0.05, 0) is 67.3 Å². The number of hydrogen-bond donors (Lipinski definition) is 1. The number of nitrogens with zero attached hydrogens (tertiary/aromatic N) is 2. The number of anilines is 1. The second kappa shape index (κ2) is 17.3. The number of amides is 2. The minimum atomic E-state index is -3.63. The molecular formula is C33H41Cl2N3O5S. The lowest BCUT2D eigenvalue weighted by Gasteiger charge is -2.32. The van der Waals surface area contributed by atoms with Gasteiger partial charge in [-0.15, -0.1) is 0 Å². The van der Waals surface area contributed by atoms with Crippen molar-refractivity contribution in [3.8, 4) is 5.75 Å². The number of ether oxygens (including phenoxy) is 1. The molecule has 0 spiro atoms. The van der Waals surface area contributed by atoms with E-state index in [0.717, 1.165) is 30.2 Å². The van der Waals surface area contributed by atoms with Gasteiger partial charge in [0.2, 0.25) is 21.8 Å². The molecular weight excluding hydrogens is 621 g/mol. The highest BCUT2D eigenvalue weighted by atomic mass is 35.5.